The fraction of sp³-hybridized carbons (Fsp3) is 0.417. The predicted molar refractivity (Wildman–Crippen MR) is 74.7 cm³/mol. The fourth-order valence-corrected chi connectivity index (χ4v) is 2.76. The summed E-state index contributed by atoms with van der Waals surface area (Å²) in [5.41, 5.74) is 7.43. The Morgan fingerprint density at radius 2 is 2.35 bits per heavy atom. The van der Waals surface area contributed by atoms with Crippen molar-refractivity contribution in [3.05, 3.63) is 28.8 Å². The molecule has 3 nitrogen and oxygen atoms in total. The van der Waals surface area contributed by atoms with Crippen LogP contribution in [0.3, 0.4) is 0 Å². The van der Waals surface area contributed by atoms with E-state index in [4.69, 9.17) is 34.7 Å². The Bertz CT molecular complexity index is 439. The zero-order valence-electron chi connectivity index (χ0n) is 9.40. The molecular formula is C12H15ClN2OS. The molecule has 1 aliphatic heterocycles. The predicted octanol–water partition coefficient (Wildman–Crippen LogP) is 1.79. The molecule has 1 heterocycles. The Morgan fingerprint density at radius 3 is 2.94 bits per heavy atom. The lowest BCUT2D eigenvalue weighted by atomic mass is 10.1. The number of aliphatic hydroxyl groups is 1. The van der Waals surface area contributed by atoms with E-state index in [-0.39, 0.29) is 6.61 Å². The SMILES string of the molecule is NC(=S)c1c(Cl)cccc1N1CCC(CO)C1. The minimum Gasteiger partial charge on any atom is -0.396 e. The van der Waals surface area contributed by atoms with Crippen LogP contribution in [0.25, 0.3) is 0 Å². The zero-order chi connectivity index (χ0) is 12.4. The number of thiocarbonyl (C=S) groups is 1. The number of anilines is 1. The molecule has 0 radical (unpaired) electrons. The van der Waals surface area contributed by atoms with E-state index in [2.05, 4.69) is 4.90 Å². The Labute approximate surface area is 111 Å². The number of hydrogen-bond acceptors (Lipinski definition) is 3. The quantitative estimate of drug-likeness (QED) is 0.823. The highest BCUT2D eigenvalue weighted by Crippen LogP contribution is 2.31. The Morgan fingerprint density at radius 1 is 1.59 bits per heavy atom. The summed E-state index contributed by atoms with van der Waals surface area (Å²) in [7, 11) is 0. The van der Waals surface area contributed by atoms with E-state index in [9.17, 15) is 0 Å². The topological polar surface area (TPSA) is 49.5 Å². The van der Waals surface area contributed by atoms with E-state index in [1.54, 1.807) is 6.07 Å². The van der Waals surface area contributed by atoms with E-state index < -0.39 is 0 Å². The van der Waals surface area contributed by atoms with Gasteiger partial charge < -0.3 is 15.7 Å². The number of halogens is 1. The summed E-state index contributed by atoms with van der Waals surface area (Å²) in [6, 6.07) is 5.66. The van der Waals surface area contributed by atoms with Crippen LogP contribution >= 0.6 is 23.8 Å². The van der Waals surface area contributed by atoms with Crippen molar-refractivity contribution in [2.24, 2.45) is 11.7 Å². The van der Waals surface area contributed by atoms with Crippen LogP contribution < -0.4 is 10.6 Å². The lowest BCUT2D eigenvalue weighted by molar-refractivity contribution is 0.238. The summed E-state index contributed by atoms with van der Waals surface area (Å²) >= 11 is 11.2. The molecule has 5 heteroatoms. The van der Waals surface area contributed by atoms with Gasteiger partial charge in [0, 0.05) is 31.3 Å². The Balaban J connectivity index is 2.33. The van der Waals surface area contributed by atoms with Crippen LogP contribution in [0, 0.1) is 5.92 Å². The number of aliphatic hydroxyl groups excluding tert-OH is 1. The van der Waals surface area contributed by atoms with E-state index in [1.165, 1.54) is 0 Å². The van der Waals surface area contributed by atoms with Crippen molar-refractivity contribution in [2.75, 3.05) is 24.6 Å². The van der Waals surface area contributed by atoms with Gasteiger partial charge in [-0.3, -0.25) is 0 Å². The van der Waals surface area contributed by atoms with Crippen LogP contribution in [0.15, 0.2) is 18.2 Å². The lowest BCUT2D eigenvalue weighted by Gasteiger charge is -2.22. The number of nitrogens with two attached hydrogens (primary N) is 1. The van der Waals surface area contributed by atoms with Crippen molar-refractivity contribution in [1.82, 2.24) is 0 Å². The molecule has 3 N–H and O–H groups in total. The first-order valence-electron chi connectivity index (χ1n) is 5.57. The highest BCUT2D eigenvalue weighted by molar-refractivity contribution is 7.80. The number of benzene rings is 1. The minimum absolute atomic E-state index is 0.222. The summed E-state index contributed by atoms with van der Waals surface area (Å²) in [5.74, 6) is 0.327. The molecule has 1 unspecified atom stereocenters. The van der Waals surface area contributed by atoms with Gasteiger partial charge >= 0.3 is 0 Å². The Kier molecular flexibility index (Phi) is 3.86. The minimum atomic E-state index is 0.222. The summed E-state index contributed by atoms with van der Waals surface area (Å²) < 4.78 is 0. The van der Waals surface area contributed by atoms with Gasteiger partial charge in [0.05, 0.1) is 10.6 Å². The van der Waals surface area contributed by atoms with Crippen LogP contribution in [-0.2, 0) is 0 Å². The largest absolute Gasteiger partial charge is 0.396 e. The standard InChI is InChI=1S/C12H15ClN2OS/c13-9-2-1-3-10(11(9)12(14)17)15-5-4-8(6-15)7-16/h1-3,8,16H,4-7H2,(H2,14,17). The van der Waals surface area contributed by atoms with Gasteiger partial charge in [0.15, 0.2) is 0 Å². The van der Waals surface area contributed by atoms with Crippen molar-refractivity contribution in [2.45, 2.75) is 6.42 Å². The van der Waals surface area contributed by atoms with Gasteiger partial charge in [0.1, 0.15) is 4.99 Å². The van der Waals surface area contributed by atoms with Crippen molar-refractivity contribution in [3.63, 3.8) is 0 Å². The maximum absolute atomic E-state index is 9.16. The van der Waals surface area contributed by atoms with Crippen molar-refractivity contribution >= 4 is 34.5 Å². The van der Waals surface area contributed by atoms with E-state index >= 15 is 0 Å². The molecule has 1 saturated heterocycles. The Hall–Kier alpha value is -0.840. The van der Waals surface area contributed by atoms with Gasteiger partial charge in [-0.25, -0.2) is 0 Å². The average Bonchev–Trinajstić information content (AvgIpc) is 2.76. The first-order chi connectivity index (χ1) is 8.13. The smallest absolute Gasteiger partial charge is 0.107 e. The normalized spacial score (nSPS) is 19.6. The molecule has 0 amide bonds. The van der Waals surface area contributed by atoms with Crippen molar-refractivity contribution < 1.29 is 5.11 Å². The van der Waals surface area contributed by atoms with Gasteiger partial charge in [0.2, 0.25) is 0 Å². The number of nitrogens with zero attached hydrogens (tertiary/aromatic N) is 1. The van der Waals surface area contributed by atoms with Crippen LogP contribution in [0.5, 0.6) is 0 Å². The maximum Gasteiger partial charge on any atom is 0.107 e. The van der Waals surface area contributed by atoms with Crippen LogP contribution in [0.1, 0.15) is 12.0 Å². The van der Waals surface area contributed by atoms with E-state index in [1.807, 2.05) is 12.1 Å². The second-order valence-corrected chi connectivity index (χ2v) is 5.13. The highest BCUT2D eigenvalue weighted by atomic mass is 35.5. The summed E-state index contributed by atoms with van der Waals surface area (Å²) in [4.78, 5) is 2.50. The molecule has 1 aliphatic rings. The van der Waals surface area contributed by atoms with Crippen LogP contribution in [0.2, 0.25) is 5.02 Å². The molecule has 2 rings (SSSR count). The van der Waals surface area contributed by atoms with Gasteiger partial charge in [-0.1, -0.05) is 29.9 Å². The molecule has 0 bridgehead atoms. The first kappa shape index (κ1) is 12.6. The molecule has 92 valence electrons. The second-order valence-electron chi connectivity index (χ2n) is 4.28. The number of hydrogen-bond donors (Lipinski definition) is 2. The van der Waals surface area contributed by atoms with E-state index in [0.29, 0.717) is 15.9 Å². The first-order valence-corrected chi connectivity index (χ1v) is 6.36. The van der Waals surface area contributed by atoms with Crippen LogP contribution in [0.4, 0.5) is 5.69 Å². The molecule has 0 saturated carbocycles. The van der Waals surface area contributed by atoms with Gasteiger partial charge in [-0.2, -0.15) is 0 Å². The third-order valence-electron chi connectivity index (χ3n) is 3.12. The molecule has 1 aromatic carbocycles. The molecule has 1 atom stereocenters. The molecule has 0 spiro atoms. The maximum atomic E-state index is 9.16. The van der Waals surface area contributed by atoms with Crippen molar-refractivity contribution in [3.8, 4) is 0 Å². The van der Waals surface area contributed by atoms with Crippen molar-refractivity contribution in [1.29, 1.82) is 0 Å². The molecule has 1 fully saturated rings. The summed E-state index contributed by atoms with van der Waals surface area (Å²) in [6.07, 6.45) is 0.986. The lowest BCUT2D eigenvalue weighted by Crippen LogP contribution is -2.24. The monoisotopic (exact) mass is 270 g/mol. The molecule has 1 aromatic rings. The highest BCUT2D eigenvalue weighted by Gasteiger charge is 2.24. The average molecular weight is 271 g/mol. The number of rotatable bonds is 3. The molecule has 0 aliphatic carbocycles. The molecule has 17 heavy (non-hydrogen) atoms. The zero-order valence-corrected chi connectivity index (χ0v) is 11.0. The molecule has 0 aromatic heterocycles. The molecular weight excluding hydrogens is 256 g/mol. The summed E-state index contributed by atoms with van der Waals surface area (Å²) in [5, 5.41) is 9.75. The van der Waals surface area contributed by atoms with Gasteiger partial charge in [-0.05, 0) is 18.6 Å². The van der Waals surface area contributed by atoms with Gasteiger partial charge in [0.25, 0.3) is 0 Å². The van der Waals surface area contributed by atoms with Crippen LogP contribution in [-0.4, -0.2) is 29.8 Å². The summed E-state index contributed by atoms with van der Waals surface area (Å²) in [6.45, 7) is 1.95. The van der Waals surface area contributed by atoms with E-state index in [0.717, 1.165) is 30.8 Å². The fourth-order valence-electron chi connectivity index (χ4n) is 2.22. The second kappa shape index (κ2) is 5.21. The van der Waals surface area contributed by atoms with Gasteiger partial charge in [-0.15, -0.1) is 0 Å². The third-order valence-corrected chi connectivity index (χ3v) is 3.64. The third kappa shape index (κ3) is 2.54.